The maximum Gasteiger partial charge on any atom is 0.250 e. The van der Waals surface area contributed by atoms with Gasteiger partial charge in [0.2, 0.25) is 0 Å². The van der Waals surface area contributed by atoms with Crippen LogP contribution in [-0.2, 0) is 0 Å². The molecule has 1 saturated carbocycles. The van der Waals surface area contributed by atoms with Crippen LogP contribution in [0.3, 0.4) is 0 Å². The summed E-state index contributed by atoms with van der Waals surface area (Å²) in [5.41, 5.74) is 12.4. The fourth-order valence-electron chi connectivity index (χ4n) is 2.90. The predicted octanol–water partition coefficient (Wildman–Crippen LogP) is 3.40. The van der Waals surface area contributed by atoms with E-state index in [1.54, 1.807) is 12.1 Å². The van der Waals surface area contributed by atoms with Gasteiger partial charge in [-0.25, -0.2) is 0 Å². The smallest absolute Gasteiger partial charge is 0.250 e. The summed E-state index contributed by atoms with van der Waals surface area (Å²) in [6.07, 6.45) is 7.75. The summed E-state index contributed by atoms with van der Waals surface area (Å²) in [6.45, 7) is 0.792. The van der Waals surface area contributed by atoms with E-state index in [2.05, 4.69) is 5.32 Å². The summed E-state index contributed by atoms with van der Waals surface area (Å²) < 4.78 is 0. The number of benzene rings is 1. The monoisotopic (exact) mass is 295 g/mol. The molecule has 0 aliphatic heterocycles. The second-order valence-corrected chi connectivity index (χ2v) is 5.92. The van der Waals surface area contributed by atoms with Crippen LogP contribution in [0.1, 0.15) is 48.9 Å². The Labute approximate surface area is 124 Å². The zero-order valence-electron chi connectivity index (χ0n) is 11.6. The molecule has 5 heteroatoms. The van der Waals surface area contributed by atoms with E-state index in [1.807, 2.05) is 0 Å². The van der Waals surface area contributed by atoms with Crippen molar-refractivity contribution in [3.05, 3.63) is 22.7 Å². The molecule has 4 nitrogen and oxygen atoms in total. The Morgan fingerprint density at radius 2 is 2.05 bits per heavy atom. The molecule has 1 aliphatic rings. The average Bonchev–Trinajstić information content (AvgIpc) is 2.88. The van der Waals surface area contributed by atoms with Gasteiger partial charge in [0.05, 0.1) is 16.3 Å². The van der Waals surface area contributed by atoms with E-state index >= 15 is 0 Å². The molecule has 1 aromatic carbocycles. The molecule has 20 heavy (non-hydrogen) atoms. The van der Waals surface area contributed by atoms with Gasteiger partial charge in [-0.15, -0.1) is 0 Å². The van der Waals surface area contributed by atoms with Crippen molar-refractivity contribution in [3.63, 3.8) is 0 Å². The number of amides is 1. The first-order chi connectivity index (χ1) is 9.58. The van der Waals surface area contributed by atoms with Gasteiger partial charge in [-0.3, -0.25) is 4.79 Å². The number of nitrogens with two attached hydrogens (primary N) is 2. The highest BCUT2D eigenvalue weighted by molar-refractivity contribution is 6.34. The highest BCUT2D eigenvalue weighted by Crippen LogP contribution is 2.30. The summed E-state index contributed by atoms with van der Waals surface area (Å²) in [5, 5.41) is 3.67. The van der Waals surface area contributed by atoms with Gasteiger partial charge in [-0.2, -0.15) is 0 Å². The molecule has 0 radical (unpaired) electrons. The van der Waals surface area contributed by atoms with Crippen LogP contribution in [0.25, 0.3) is 0 Å². The van der Waals surface area contributed by atoms with Crippen molar-refractivity contribution in [1.82, 2.24) is 0 Å². The van der Waals surface area contributed by atoms with Crippen molar-refractivity contribution in [2.24, 2.45) is 11.7 Å². The van der Waals surface area contributed by atoms with Gasteiger partial charge in [0.25, 0.3) is 5.91 Å². The minimum absolute atomic E-state index is 0.357. The van der Waals surface area contributed by atoms with Crippen molar-refractivity contribution in [2.45, 2.75) is 38.5 Å². The van der Waals surface area contributed by atoms with E-state index in [0.29, 0.717) is 22.0 Å². The van der Waals surface area contributed by atoms with E-state index in [0.717, 1.165) is 18.9 Å². The molecule has 0 heterocycles. The lowest BCUT2D eigenvalue weighted by atomic mass is 10.0. The van der Waals surface area contributed by atoms with E-state index in [-0.39, 0.29) is 0 Å². The zero-order valence-corrected chi connectivity index (χ0v) is 12.4. The molecule has 1 amide bonds. The molecular formula is C15H22ClN3O. The fraction of sp³-hybridized carbons (Fsp3) is 0.533. The molecule has 0 atom stereocenters. The molecule has 110 valence electrons. The molecule has 0 bridgehead atoms. The molecule has 0 unspecified atom stereocenters. The Balaban J connectivity index is 1.92. The first-order valence-corrected chi connectivity index (χ1v) is 7.58. The van der Waals surface area contributed by atoms with Gasteiger partial charge < -0.3 is 16.8 Å². The Bertz CT molecular complexity index is 484. The summed E-state index contributed by atoms with van der Waals surface area (Å²) in [4.78, 5) is 11.4. The number of nitrogens with one attached hydrogen (secondary N) is 1. The first kappa shape index (κ1) is 15.0. The topological polar surface area (TPSA) is 81.1 Å². The highest BCUT2D eigenvalue weighted by Gasteiger charge is 2.15. The lowest BCUT2D eigenvalue weighted by Crippen LogP contribution is -2.16. The second kappa shape index (κ2) is 6.84. The lowest BCUT2D eigenvalue weighted by molar-refractivity contribution is 0.100. The van der Waals surface area contributed by atoms with Gasteiger partial charge in [0, 0.05) is 12.2 Å². The molecular weight excluding hydrogens is 274 g/mol. The average molecular weight is 296 g/mol. The molecule has 1 aliphatic carbocycles. The summed E-state index contributed by atoms with van der Waals surface area (Å²) in [7, 11) is 0. The largest absolute Gasteiger partial charge is 0.399 e. The number of nitrogen functional groups attached to an aromatic ring is 1. The number of carbonyl (C=O) groups excluding carboxylic acids is 1. The number of carbonyl (C=O) groups is 1. The summed E-state index contributed by atoms with van der Waals surface area (Å²) in [5.74, 6) is 0.354. The van der Waals surface area contributed by atoms with E-state index in [1.165, 1.54) is 32.1 Å². The summed E-state index contributed by atoms with van der Waals surface area (Å²) >= 11 is 6.13. The van der Waals surface area contributed by atoms with E-state index < -0.39 is 5.91 Å². The quantitative estimate of drug-likeness (QED) is 0.556. The number of hydrogen-bond donors (Lipinski definition) is 3. The molecule has 1 fully saturated rings. The van der Waals surface area contributed by atoms with Gasteiger partial charge in [-0.1, -0.05) is 37.3 Å². The highest BCUT2D eigenvalue weighted by atomic mass is 35.5. The SMILES string of the molecule is NC(=O)c1cc(N)cc(Cl)c1NCCCC1CCCC1. The number of anilines is 2. The number of primary amides is 1. The summed E-state index contributed by atoms with van der Waals surface area (Å²) in [6, 6.07) is 3.20. The van der Waals surface area contributed by atoms with Gasteiger partial charge in [0.15, 0.2) is 0 Å². The molecule has 5 N–H and O–H groups in total. The minimum Gasteiger partial charge on any atom is -0.399 e. The van der Waals surface area contributed by atoms with E-state index in [4.69, 9.17) is 23.1 Å². The van der Waals surface area contributed by atoms with Crippen LogP contribution in [0.2, 0.25) is 5.02 Å². The Morgan fingerprint density at radius 3 is 2.70 bits per heavy atom. The maximum absolute atomic E-state index is 11.4. The van der Waals surface area contributed by atoms with Crippen LogP contribution >= 0.6 is 11.6 Å². The third kappa shape index (κ3) is 3.79. The number of hydrogen-bond acceptors (Lipinski definition) is 3. The normalized spacial score (nSPS) is 15.4. The molecule has 0 saturated heterocycles. The molecule has 0 spiro atoms. The third-order valence-corrected chi connectivity index (χ3v) is 4.24. The molecule has 2 rings (SSSR count). The van der Waals surface area contributed by atoms with Crippen molar-refractivity contribution < 1.29 is 4.79 Å². The van der Waals surface area contributed by atoms with Crippen LogP contribution in [0.4, 0.5) is 11.4 Å². The van der Waals surface area contributed by atoms with Crippen LogP contribution in [-0.4, -0.2) is 12.5 Å². The number of halogens is 1. The molecule has 0 aromatic heterocycles. The van der Waals surface area contributed by atoms with Crippen molar-refractivity contribution in [1.29, 1.82) is 0 Å². The Hall–Kier alpha value is -1.42. The van der Waals surface area contributed by atoms with Crippen LogP contribution in [0, 0.1) is 5.92 Å². The standard InChI is InChI=1S/C15H22ClN3O/c16-13-9-11(17)8-12(15(18)20)14(13)19-7-3-6-10-4-1-2-5-10/h8-10,19H,1-7,17H2,(H2,18,20). The zero-order chi connectivity index (χ0) is 14.5. The van der Waals surface area contributed by atoms with Crippen molar-refractivity contribution >= 4 is 28.9 Å². The minimum atomic E-state index is -0.516. The lowest BCUT2D eigenvalue weighted by Gasteiger charge is -2.14. The van der Waals surface area contributed by atoms with Crippen LogP contribution in [0.5, 0.6) is 0 Å². The van der Waals surface area contributed by atoms with Crippen LogP contribution < -0.4 is 16.8 Å². The third-order valence-electron chi connectivity index (χ3n) is 3.94. The second-order valence-electron chi connectivity index (χ2n) is 5.51. The predicted molar refractivity (Wildman–Crippen MR) is 84.1 cm³/mol. The van der Waals surface area contributed by atoms with E-state index in [9.17, 15) is 4.79 Å². The van der Waals surface area contributed by atoms with Gasteiger partial charge in [-0.05, 0) is 30.9 Å². The Kier molecular flexibility index (Phi) is 5.12. The van der Waals surface area contributed by atoms with Crippen LogP contribution in [0.15, 0.2) is 12.1 Å². The van der Waals surface area contributed by atoms with Crippen molar-refractivity contribution in [2.75, 3.05) is 17.6 Å². The number of rotatable bonds is 6. The van der Waals surface area contributed by atoms with Gasteiger partial charge in [0.1, 0.15) is 0 Å². The molecule has 1 aromatic rings. The van der Waals surface area contributed by atoms with Crippen molar-refractivity contribution in [3.8, 4) is 0 Å². The first-order valence-electron chi connectivity index (χ1n) is 7.20. The fourth-order valence-corrected chi connectivity index (χ4v) is 3.20. The Morgan fingerprint density at radius 1 is 1.35 bits per heavy atom. The van der Waals surface area contributed by atoms with Gasteiger partial charge >= 0.3 is 0 Å². The maximum atomic E-state index is 11.4.